The fourth-order valence-corrected chi connectivity index (χ4v) is 3.89. The van der Waals surface area contributed by atoms with Crippen molar-refractivity contribution in [3.8, 4) is 0 Å². The molecule has 2 aromatic carbocycles. The Bertz CT molecular complexity index is 1030. The lowest BCUT2D eigenvalue weighted by atomic mass is 9.95. The summed E-state index contributed by atoms with van der Waals surface area (Å²) < 4.78 is 25.5. The average molecular weight is 400 g/mol. The van der Waals surface area contributed by atoms with Crippen LogP contribution < -0.4 is 4.72 Å². The van der Waals surface area contributed by atoms with Crippen LogP contribution in [-0.4, -0.2) is 31.3 Å². The first-order valence-corrected chi connectivity index (χ1v) is 11.1. The van der Waals surface area contributed by atoms with Gasteiger partial charge in [0.25, 0.3) is 0 Å². The molecular formula is C21H25N3O3S. The zero-order chi connectivity index (χ0) is 20.5. The van der Waals surface area contributed by atoms with Crippen molar-refractivity contribution in [2.75, 3.05) is 11.0 Å². The van der Waals surface area contributed by atoms with Crippen LogP contribution >= 0.6 is 0 Å². The van der Waals surface area contributed by atoms with Crippen molar-refractivity contribution in [1.82, 2.24) is 5.01 Å². The summed E-state index contributed by atoms with van der Waals surface area (Å²) >= 11 is 0. The van der Waals surface area contributed by atoms with Crippen LogP contribution in [0, 0.1) is 12.8 Å². The third-order valence-corrected chi connectivity index (χ3v) is 5.28. The minimum atomic E-state index is -3.37. The maximum absolute atomic E-state index is 12.8. The fourth-order valence-electron chi connectivity index (χ4n) is 3.33. The molecule has 0 radical (unpaired) electrons. The largest absolute Gasteiger partial charge is 0.284 e. The number of anilines is 1. The lowest BCUT2D eigenvalue weighted by molar-refractivity contribution is -0.136. The minimum absolute atomic E-state index is 0.0336. The number of hydrogen-bond donors (Lipinski definition) is 1. The molecule has 6 nitrogen and oxygen atoms in total. The lowest BCUT2D eigenvalue weighted by Gasteiger charge is -2.24. The van der Waals surface area contributed by atoms with Crippen molar-refractivity contribution < 1.29 is 13.2 Å². The number of carbonyl (C=O) groups is 1. The smallest absolute Gasteiger partial charge is 0.245 e. The summed E-state index contributed by atoms with van der Waals surface area (Å²) in [5, 5.41) is 6.22. The van der Waals surface area contributed by atoms with Crippen molar-refractivity contribution in [2.45, 2.75) is 33.2 Å². The zero-order valence-electron chi connectivity index (χ0n) is 16.5. The molecule has 0 fully saturated rings. The second-order valence-corrected chi connectivity index (χ2v) is 9.16. The van der Waals surface area contributed by atoms with Gasteiger partial charge < -0.3 is 0 Å². The summed E-state index contributed by atoms with van der Waals surface area (Å²) in [6.07, 6.45) is 1.69. The van der Waals surface area contributed by atoms with Crippen LogP contribution in [0.3, 0.4) is 0 Å². The molecule has 1 aliphatic rings. The van der Waals surface area contributed by atoms with E-state index in [1.165, 1.54) is 0 Å². The molecule has 0 bridgehead atoms. The molecule has 148 valence electrons. The number of nitrogens with one attached hydrogen (secondary N) is 1. The van der Waals surface area contributed by atoms with Gasteiger partial charge in [-0.3, -0.25) is 9.52 Å². The molecule has 7 heteroatoms. The second-order valence-electron chi connectivity index (χ2n) is 7.42. The third kappa shape index (κ3) is 4.42. The number of aryl methyl sites for hydroxylation is 1. The molecule has 1 heterocycles. The summed E-state index contributed by atoms with van der Waals surface area (Å²) in [7, 11) is -3.37. The van der Waals surface area contributed by atoms with Crippen LogP contribution in [-0.2, 0) is 14.8 Å². The highest BCUT2D eigenvalue weighted by molar-refractivity contribution is 7.92. The van der Waals surface area contributed by atoms with E-state index in [0.29, 0.717) is 12.1 Å². The van der Waals surface area contributed by atoms with Crippen molar-refractivity contribution in [2.24, 2.45) is 11.0 Å². The Morgan fingerprint density at radius 2 is 1.89 bits per heavy atom. The van der Waals surface area contributed by atoms with Gasteiger partial charge in [-0.25, -0.2) is 13.4 Å². The van der Waals surface area contributed by atoms with Gasteiger partial charge in [0.1, 0.15) is 0 Å². The predicted octanol–water partition coefficient (Wildman–Crippen LogP) is 3.70. The maximum atomic E-state index is 12.8. The molecule has 1 amide bonds. The number of nitrogens with zero attached hydrogens (tertiary/aromatic N) is 2. The Morgan fingerprint density at radius 3 is 2.54 bits per heavy atom. The number of amides is 1. The second kappa shape index (κ2) is 7.75. The monoisotopic (exact) mass is 399 g/mol. The molecule has 0 spiro atoms. The summed E-state index contributed by atoms with van der Waals surface area (Å²) in [6, 6.07) is 14.9. The molecule has 28 heavy (non-hydrogen) atoms. The van der Waals surface area contributed by atoms with E-state index in [1.807, 2.05) is 51.1 Å². The topological polar surface area (TPSA) is 78.8 Å². The molecular weight excluding hydrogens is 374 g/mol. The molecule has 0 saturated heterocycles. The van der Waals surface area contributed by atoms with Crippen LogP contribution in [0.5, 0.6) is 0 Å². The van der Waals surface area contributed by atoms with E-state index in [4.69, 9.17) is 0 Å². The van der Waals surface area contributed by atoms with Gasteiger partial charge >= 0.3 is 0 Å². The van der Waals surface area contributed by atoms with Gasteiger partial charge in [-0.1, -0.05) is 50.2 Å². The highest BCUT2D eigenvalue weighted by Crippen LogP contribution is 2.35. The van der Waals surface area contributed by atoms with Gasteiger partial charge in [-0.15, -0.1) is 0 Å². The van der Waals surface area contributed by atoms with Gasteiger partial charge in [0.05, 0.1) is 18.0 Å². The van der Waals surface area contributed by atoms with E-state index >= 15 is 0 Å². The number of benzene rings is 2. The molecule has 0 aliphatic carbocycles. The van der Waals surface area contributed by atoms with Crippen LogP contribution in [0.4, 0.5) is 5.69 Å². The standard InChI is InChI=1S/C21H25N3O3S/c1-14(2)21(25)24-20(18-11-6-5-8-15(18)3)13-19(22-24)16-9-7-10-17(12-16)23-28(4,26)27/h5-12,14,20,23H,13H2,1-4H3/t20-/m1/s1. The molecule has 0 unspecified atom stereocenters. The first-order chi connectivity index (χ1) is 13.2. The summed E-state index contributed by atoms with van der Waals surface area (Å²) in [5.41, 5.74) is 4.22. The molecule has 3 rings (SSSR count). The first kappa shape index (κ1) is 20.1. The number of rotatable bonds is 5. The van der Waals surface area contributed by atoms with E-state index in [9.17, 15) is 13.2 Å². The third-order valence-electron chi connectivity index (χ3n) is 4.68. The number of hydrazone groups is 1. The van der Waals surface area contributed by atoms with Gasteiger partial charge in [-0.05, 0) is 35.7 Å². The van der Waals surface area contributed by atoms with Gasteiger partial charge in [0, 0.05) is 18.0 Å². The van der Waals surface area contributed by atoms with E-state index in [2.05, 4.69) is 9.82 Å². The number of sulfonamides is 1. The Hall–Kier alpha value is -2.67. The summed E-state index contributed by atoms with van der Waals surface area (Å²) in [5.74, 6) is -0.207. The van der Waals surface area contributed by atoms with E-state index in [0.717, 1.165) is 28.7 Å². The van der Waals surface area contributed by atoms with Gasteiger partial charge in [0.2, 0.25) is 15.9 Å². The highest BCUT2D eigenvalue weighted by Gasteiger charge is 2.34. The van der Waals surface area contributed by atoms with Gasteiger partial charge in [-0.2, -0.15) is 5.10 Å². The van der Waals surface area contributed by atoms with Crippen LogP contribution in [0.15, 0.2) is 53.6 Å². The fraction of sp³-hybridized carbons (Fsp3) is 0.333. The normalized spacial score (nSPS) is 17.0. The van der Waals surface area contributed by atoms with E-state index in [-0.39, 0.29) is 17.9 Å². The highest BCUT2D eigenvalue weighted by atomic mass is 32.2. The SMILES string of the molecule is Cc1ccccc1[C@H]1CC(c2cccc(NS(C)(=O)=O)c2)=NN1C(=O)C(C)C. The Morgan fingerprint density at radius 1 is 1.18 bits per heavy atom. The zero-order valence-corrected chi connectivity index (χ0v) is 17.3. The lowest BCUT2D eigenvalue weighted by Crippen LogP contribution is -2.30. The van der Waals surface area contributed by atoms with Crippen LogP contribution in [0.2, 0.25) is 0 Å². The Balaban J connectivity index is 1.99. The van der Waals surface area contributed by atoms with Crippen molar-refractivity contribution >= 4 is 27.3 Å². The predicted molar refractivity (Wildman–Crippen MR) is 112 cm³/mol. The molecule has 1 N–H and O–H groups in total. The molecule has 0 saturated carbocycles. The minimum Gasteiger partial charge on any atom is -0.284 e. The Labute approximate surface area is 166 Å². The van der Waals surface area contributed by atoms with E-state index in [1.54, 1.807) is 23.2 Å². The molecule has 0 aromatic heterocycles. The average Bonchev–Trinajstić information content (AvgIpc) is 3.05. The number of carbonyl (C=O) groups excluding carboxylic acids is 1. The van der Waals surface area contributed by atoms with E-state index < -0.39 is 10.0 Å². The molecule has 1 aliphatic heterocycles. The van der Waals surface area contributed by atoms with Crippen LogP contribution in [0.1, 0.15) is 43.0 Å². The summed E-state index contributed by atoms with van der Waals surface area (Å²) in [6.45, 7) is 5.75. The molecule has 1 atom stereocenters. The molecule has 2 aromatic rings. The quantitative estimate of drug-likeness (QED) is 0.833. The first-order valence-electron chi connectivity index (χ1n) is 9.20. The maximum Gasteiger partial charge on any atom is 0.245 e. The van der Waals surface area contributed by atoms with Crippen molar-refractivity contribution in [1.29, 1.82) is 0 Å². The van der Waals surface area contributed by atoms with Crippen LogP contribution in [0.25, 0.3) is 0 Å². The Kier molecular flexibility index (Phi) is 5.56. The van der Waals surface area contributed by atoms with Crippen molar-refractivity contribution in [3.05, 3.63) is 65.2 Å². The summed E-state index contributed by atoms with van der Waals surface area (Å²) in [4.78, 5) is 12.8. The number of hydrogen-bond acceptors (Lipinski definition) is 4. The van der Waals surface area contributed by atoms with Gasteiger partial charge in [0.15, 0.2) is 0 Å². The van der Waals surface area contributed by atoms with Crippen molar-refractivity contribution in [3.63, 3.8) is 0 Å².